The van der Waals surface area contributed by atoms with Crippen LogP contribution in [-0.4, -0.2) is 13.4 Å². The maximum Gasteiger partial charge on any atom is 0.263 e. The van der Waals surface area contributed by atoms with Gasteiger partial charge in [0.05, 0.1) is 21.6 Å². The Balaban J connectivity index is 1.80. The van der Waals surface area contributed by atoms with E-state index in [1.807, 2.05) is 0 Å². The number of aromatic nitrogens is 1. The fourth-order valence-corrected chi connectivity index (χ4v) is 4.48. The molecule has 3 aromatic rings. The first-order valence-electron chi connectivity index (χ1n) is 7.59. The van der Waals surface area contributed by atoms with Crippen molar-refractivity contribution in [3.05, 3.63) is 70.4 Å². The quantitative estimate of drug-likeness (QED) is 0.604. The van der Waals surface area contributed by atoms with E-state index in [1.165, 1.54) is 35.7 Å². The predicted octanol–water partition coefficient (Wildman–Crippen LogP) is 4.91. The Bertz CT molecular complexity index is 1010. The summed E-state index contributed by atoms with van der Waals surface area (Å²) in [6, 6.07) is 10.4. The van der Waals surface area contributed by atoms with Crippen LogP contribution in [0.25, 0.3) is 0 Å². The van der Waals surface area contributed by atoms with Gasteiger partial charge in [-0.1, -0.05) is 29.8 Å². The number of nitrogens with zero attached hydrogens (tertiary/aromatic N) is 1. The molecule has 0 aliphatic heterocycles. The van der Waals surface area contributed by atoms with E-state index in [1.54, 1.807) is 36.6 Å². The van der Waals surface area contributed by atoms with Gasteiger partial charge < -0.3 is 5.32 Å². The maximum atomic E-state index is 13.9. The van der Waals surface area contributed by atoms with Gasteiger partial charge in [-0.3, -0.25) is 4.72 Å². The zero-order valence-corrected chi connectivity index (χ0v) is 16.0. The molecule has 0 fully saturated rings. The van der Waals surface area contributed by atoms with Crippen molar-refractivity contribution < 1.29 is 12.8 Å². The molecule has 2 aromatic carbocycles. The molecule has 0 saturated carbocycles. The molecule has 9 heteroatoms. The lowest BCUT2D eigenvalue weighted by atomic mass is 10.1. The van der Waals surface area contributed by atoms with Crippen LogP contribution in [0.15, 0.2) is 58.9 Å². The highest BCUT2D eigenvalue weighted by Gasteiger charge is 2.18. The van der Waals surface area contributed by atoms with Crippen LogP contribution in [0.3, 0.4) is 0 Å². The third-order valence-corrected chi connectivity index (χ3v) is 6.12. The van der Waals surface area contributed by atoms with Gasteiger partial charge >= 0.3 is 0 Å². The summed E-state index contributed by atoms with van der Waals surface area (Å²) < 4.78 is 41.0. The maximum absolute atomic E-state index is 13.9. The van der Waals surface area contributed by atoms with Crippen LogP contribution in [0.4, 0.5) is 15.2 Å². The number of benzene rings is 2. The van der Waals surface area contributed by atoms with Crippen LogP contribution >= 0.6 is 22.9 Å². The standard InChI is InChI=1S/C17H15ClFN3O2S2/c1-11(13-4-2-3-5-15(13)19)21-16-7-6-12(10-14(16)18)26(23,24)22-17-20-8-9-25-17/h2-11,21H,1H3,(H,20,22)/t11-/m0/s1. The van der Waals surface area contributed by atoms with Crippen LogP contribution in [-0.2, 0) is 10.0 Å². The van der Waals surface area contributed by atoms with E-state index in [4.69, 9.17) is 11.6 Å². The third-order valence-electron chi connectivity index (χ3n) is 3.65. The number of halogens is 2. The van der Waals surface area contributed by atoms with Crippen molar-refractivity contribution in [1.29, 1.82) is 0 Å². The molecular weight excluding hydrogens is 397 g/mol. The van der Waals surface area contributed by atoms with Crippen molar-refractivity contribution in [1.82, 2.24) is 4.98 Å². The molecule has 0 spiro atoms. The zero-order valence-electron chi connectivity index (χ0n) is 13.6. The number of anilines is 2. The molecule has 1 heterocycles. The monoisotopic (exact) mass is 411 g/mol. The summed E-state index contributed by atoms with van der Waals surface area (Å²) >= 11 is 7.40. The van der Waals surface area contributed by atoms with E-state index in [2.05, 4.69) is 15.0 Å². The summed E-state index contributed by atoms with van der Waals surface area (Å²) in [6.07, 6.45) is 1.51. The van der Waals surface area contributed by atoms with Crippen molar-refractivity contribution in [2.24, 2.45) is 0 Å². The van der Waals surface area contributed by atoms with Crippen molar-refractivity contribution in [3.63, 3.8) is 0 Å². The van der Waals surface area contributed by atoms with Crippen LogP contribution < -0.4 is 10.0 Å². The summed E-state index contributed by atoms with van der Waals surface area (Å²) in [7, 11) is -3.78. The Morgan fingerprint density at radius 3 is 2.65 bits per heavy atom. The Labute approximate surface area is 159 Å². The van der Waals surface area contributed by atoms with Gasteiger partial charge in [0.1, 0.15) is 5.82 Å². The summed E-state index contributed by atoms with van der Waals surface area (Å²) in [5.41, 5.74) is 1.00. The van der Waals surface area contributed by atoms with Crippen molar-refractivity contribution >= 4 is 43.8 Å². The molecule has 2 N–H and O–H groups in total. The van der Waals surface area contributed by atoms with Crippen LogP contribution in [0.1, 0.15) is 18.5 Å². The molecule has 0 amide bonds. The number of hydrogen-bond acceptors (Lipinski definition) is 5. The molecule has 0 radical (unpaired) electrons. The molecule has 1 aromatic heterocycles. The van der Waals surface area contributed by atoms with Crippen LogP contribution in [0, 0.1) is 5.82 Å². The lowest BCUT2D eigenvalue weighted by Gasteiger charge is -2.18. The number of rotatable bonds is 6. The van der Waals surface area contributed by atoms with E-state index < -0.39 is 10.0 Å². The highest BCUT2D eigenvalue weighted by atomic mass is 35.5. The van der Waals surface area contributed by atoms with Gasteiger partial charge in [0.2, 0.25) is 0 Å². The van der Waals surface area contributed by atoms with E-state index in [0.29, 0.717) is 11.3 Å². The minimum atomic E-state index is -3.78. The fourth-order valence-electron chi connectivity index (χ4n) is 2.37. The molecule has 0 saturated heterocycles. The number of sulfonamides is 1. The first kappa shape index (κ1) is 18.6. The van der Waals surface area contributed by atoms with Crippen molar-refractivity contribution in [2.45, 2.75) is 17.9 Å². The Hall–Kier alpha value is -2.16. The van der Waals surface area contributed by atoms with E-state index in [-0.39, 0.29) is 26.9 Å². The van der Waals surface area contributed by atoms with Crippen molar-refractivity contribution in [2.75, 3.05) is 10.0 Å². The molecule has 0 unspecified atom stereocenters. The molecule has 0 bridgehead atoms. The van der Waals surface area contributed by atoms with Gasteiger partial charge in [-0.25, -0.2) is 17.8 Å². The average molecular weight is 412 g/mol. The number of nitrogens with one attached hydrogen (secondary N) is 2. The second kappa shape index (κ2) is 7.61. The summed E-state index contributed by atoms with van der Waals surface area (Å²) in [4.78, 5) is 3.91. The summed E-state index contributed by atoms with van der Waals surface area (Å²) in [5.74, 6) is -0.324. The van der Waals surface area contributed by atoms with Gasteiger partial charge in [0, 0.05) is 17.1 Å². The first-order valence-corrected chi connectivity index (χ1v) is 10.3. The lowest BCUT2D eigenvalue weighted by molar-refractivity contribution is 0.600. The van der Waals surface area contributed by atoms with E-state index >= 15 is 0 Å². The number of hydrogen-bond donors (Lipinski definition) is 2. The Morgan fingerprint density at radius 2 is 2.00 bits per heavy atom. The molecular formula is C17H15ClFN3O2S2. The van der Waals surface area contributed by atoms with Gasteiger partial charge in [-0.2, -0.15) is 0 Å². The van der Waals surface area contributed by atoms with Gasteiger partial charge in [0.15, 0.2) is 5.13 Å². The summed E-state index contributed by atoms with van der Waals surface area (Å²) in [6.45, 7) is 1.80. The molecule has 5 nitrogen and oxygen atoms in total. The molecule has 0 aliphatic rings. The Kier molecular flexibility index (Phi) is 5.45. The van der Waals surface area contributed by atoms with Gasteiger partial charge in [0.25, 0.3) is 10.0 Å². The molecule has 1 atom stereocenters. The van der Waals surface area contributed by atoms with Crippen molar-refractivity contribution in [3.8, 4) is 0 Å². The molecule has 26 heavy (non-hydrogen) atoms. The normalized spacial score (nSPS) is 12.6. The average Bonchev–Trinajstić information content (AvgIpc) is 3.09. The first-order chi connectivity index (χ1) is 12.4. The van der Waals surface area contributed by atoms with Gasteiger partial charge in [-0.15, -0.1) is 11.3 Å². The summed E-state index contributed by atoms with van der Waals surface area (Å²) in [5, 5.41) is 5.25. The van der Waals surface area contributed by atoms with Crippen LogP contribution in [0.5, 0.6) is 0 Å². The molecule has 0 aliphatic carbocycles. The highest BCUT2D eigenvalue weighted by Crippen LogP contribution is 2.30. The fraction of sp³-hybridized carbons (Fsp3) is 0.118. The van der Waals surface area contributed by atoms with Crippen LogP contribution in [0.2, 0.25) is 5.02 Å². The zero-order chi connectivity index (χ0) is 18.7. The lowest BCUT2D eigenvalue weighted by Crippen LogP contribution is -2.13. The second-order valence-electron chi connectivity index (χ2n) is 5.47. The SMILES string of the molecule is C[C@H](Nc1ccc(S(=O)(=O)Nc2nccs2)cc1Cl)c1ccccc1F. The van der Waals surface area contributed by atoms with E-state index in [0.717, 1.165) is 0 Å². The minimum absolute atomic E-state index is 0.0156. The third kappa shape index (κ3) is 4.14. The predicted molar refractivity (Wildman–Crippen MR) is 103 cm³/mol. The number of thiazole rings is 1. The highest BCUT2D eigenvalue weighted by molar-refractivity contribution is 7.93. The second-order valence-corrected chi connectivity index (χ2v) is 8.46. The largest absolute Gasteiger partial charge is 0.377 e. The van der Waals surface area contributed by atoms with E-state index in [9.17, 15) is 12.8 Å². The molecule has 3 rings (SSSR count). The minimum Gasteiger partial charge on any atom is -0.377 e. The van der Waals surface area contributed by atoms with Gasteiger partial charge in [-0.05, 0) is 31.2 Å². The molecule has 136 valence electrons. The Morgan fingerprint density at radius 1 is 1.23 bits per heavy atom. The smallest absolute Gasteiger partial charge is 0.263 e. The topological polar surface area (TPSA) is 71.1 Å².